The van der Waals surface area contributed by atoms with Gasteiger partial charge < -0.3 is 24.9 Å². The smallest absolute Gasteiger partial charge is 0.489 e. The van der Waals surface area contributed by atoms with Crippen molar-refractivity contribution in [3.05, 3.63) is 33.9 Å². The number of hydrogen-bond donors (Lipinski definition) is 2. The Bertz CT molecular complexity index is 948. The van der Waals surface area contributed by atoms with E-state index in [1.54, 1.807) is 4.57 Å². The molecule has 4 rings (SSSR count). The van der Waals surface area contributed by atoms with Crippen LogP contribution in [0.4, 0.5) is 9.18 Å². The summed E-state index contributed by atoms with van der Waals surface area (Å²) in [5.41, 5.74) is 5.40. The first-order valence-electron chi connectivity index (χ1n) is 7.56. The molecule has 2 aliphatic rings. The fourth-order valence-corrected chi connectivity index (χ4v) is 3.22. The highest BCUT2D eigenvalue weighted by Gasteiger charge is 2.46. The largest absolute Gasteiger partial charge is 0.511 e. The minimum Gasteiger partial charge on any atom is -0.489 e. The Morgan fingerprint density at radius 2 is 2.25 bits per heavy atom. The van der Waals surface area contributed by atoms with Crippen molar-refractivity contribution in [2.24, 2.45) is 5.73 Å². The third-order valence-corrected chi connectivity index (χ3v) is 4.62. The van der Waals surface area contributed by atoms with Gasteiger partial charge in [0.2, 0.25) is 5.43 Å². The van der Waals surface area contributed by atoms with Gasteiger partial charge in [0.1, 0.15) is 12.4 Å². The van der Waals surface area contributed by atoms with Crippen LogP contribution in [-0.2, 0) is 5.54 Å². The maximum atomic E-state index is 14.7. The summed E-state index contributed by atoms with van der Waals surface area (Å²) in [6.45, 7) is 2.10. The van der Waals surface area contributed by atoms with Gasteiger partial charge in [-0.15, -0.1) is 0 Å². The van der Waals surface area contributed by atoms with Crippen LogP contribution in [0.2, 0.25) is 0 Å². The molecule has 0 radical (unpaired) electrons. The number of nitrogens with zero attached hydrogens (tertiary/aromatic N) is 1. The van der Waals surface area contributed by atoms with Crippen LogP contribution in [-0.4, -0.2) is 22.4 Å². The van der Waals surface area contributed by atoms with Gasteiger partial charge in [-0.1, -0.05) is 0 Å². The van der Waals surface area contributed by atoms with Crippen molar-refractivity contribution < 1.29 is 23.8 Å². The molecule has 1 atom stereocenters. The molecule has 3 N–H and O–H groups in total. The minimum atomic E-state index is -1.60. The van der Waals surface area contributed by atoms with Crippen LogP contribution in [0.1, 0.15) is 31.4 Å². The number of nitrogens with two attached hydrogens (primary N) is 1. The van der Waals surface area contributed by atoms with E-state index in [9.17, 15) is 14.0 Å². The van der Waals surface area contributed by atoms with E-state index in [2.05, 4.69) is 4.74 Å². The molecule has 2 heterocycles. The molecule has 1 saturated carbocycles. The first-order chi connectivity index (χ1) is 11.3. The maximum Gasteiger partial charge on any atom is 0.511 e. The zero-order valence-corrected chi connectivity index (χ0v) is 12.8. The second kappa shape index (κ2) is 4.70. The molecule has 1 fully saturated rings. The van der Waals surface area contributed by atoms with Crippen LogP contribution >= 0.6 is 0 Å². The van der Waals surface area contributed by atoms with Crippen LogP contribution < -0.4 is 20.6 Å². The van der Waals surface area contributed by atoms with Gasteiger partial charge in [0.25, 0.3) is 0 Å². The molecule has 2 aromatic rings. The second-order valence-corrected chi connectivity index (χ2v) is 6.37. The van der Waals surface area contributed by atoms with Gasteiger partial charge in [0.05, 0.1) is 28.7 Å². The molecule has 0 bridgehead atoms. The summed E-state index contributed by atoms with van der Waals surface area (Å²) in [5.74, 6) is -0.721. The molecule has 0 spiro atoms. The van der Waals surface area contributed by atoms with Crippen LogP contribution in [0, 0.1) is 5.82 Å². The molecule has 1 aromatic heterocycles. The first kappa shape index (κ1) is 14.9. The lowest BCUT2D eigenvalue weighted by molar-refractivity contribution is 0.143. The Morgan fingerprint density at radius 3 is 2.88 bits per heavy atom. The van der Waals surface area contributed by atoms with E-state index in [-0.39, 0.29) is 35.1 Å². The fraction of sp³-hybridized carbons (Fsp3) is 0.375. The number of rotatable bonds is 2. The van der Waals surface area contributed by atoms with E-state index < -0.39 is 22.9 Å². The molecular formula is C16H15FN2O5. The first-order valence-corrected chi connectivity index (χ1v) is 7.56. The standard InChI is InChI=1S/C16H15FN2O5/c1-7-6-23-14-11(16(18)2-3-16)9(17)4-8-12(14)19(7)5-10(13(8)20)24-15(21)22/h4-5,7H,2-3,6,18H2,1H3,(H,21,22)/t7-/m0/s1. The minimum absolute atomic E-state index is 0.0146. The van der Waals surface area contributed by atoms with Crippen molar-refractivity contribution in [3.8, 4) is 11.5 Å². The Kier molecular flexibility index (Phi) is 2.93. The molecular weight excluding hydrogens is 319 g/mol. The highest BCUT2D eigenvalue weighted by atomic mass is 19.1. The van der Waals surface area contributed by atoms with Crippen molar-refractivity contribution in [1.82, 2.24) is 4.57 Å². The number of halogens is 1. The molecule has 1 aliphatic carbocycles. The van der Waals surface area contributed by atoms with Gasteiger partial charge in [-0.2, -0.15) is 0 Å². The fourth-order valence-electron chi connectivity index (χ4n) is 3.22. The Balaban J connectivity index is 2.10. The lowest BCUT2D eigenvalue weighted by Crippen LogP contribution is -2.29. The third kappa shape index (κ3) is 1.99. The number of ether oxygens (including phenoxy) is 2. The summed E-state index contributed by atoms with van der Waals surface area (Å²) in [4.78, 5) is 23.3. The lowest BCUT2D eigenvalue weighted by atomic mass is 9.99. The van der Waals surface area contributed by atoms with Gasteiger partial charge >= 0.3 is 6.16 Å². The summed E-state index contributed by atoms with van der Waals surface area (Å²) >= 11 is 0. The number of aromatic nitrogens is 1. The van der Waals surface area contributed by atoms with E-state index >= 15 is 0 Å². The number of carboxylic acid groups (broad SMARTS) is 1. The van der Waals surface area contributed by atoms with Crippen LogP contribution in [0.5, 0.6) is 11.5 Å². The average molecular weight is 334 g/mol. The highest BCUT2D eigenvalue weighted by molar-refractivity contribution is 5.89. The molecule has 0 amide bonds. The van der Waals surface area contributed by atoms with Crippen molar-refractivity contribution >= 4 is 17.1 Å². The van der Waals surface area contributed by atoms with Gasteiger partial charge in [0, 0.05) is 5.54 Å². The quantitative estimate of drug-likeness (QED) is 0.815. The summed E-state index contributed by atoms with van der Waals surface area (Å²) in [6, 6.07) is 0.916. The number of carbonyl (C=O) groups is 1. The molecule has 8 heteroatoms. The Morgan fingerprint density at radius 1 is 1.54 bits per heavy atom. The topological polar surface area (TPSA) is 104 Å². The molecule has 126 valence electrons. The van der Waals surface area contributed by atoms with E-state index in [0.29, 0.717) is 18.4 Å². The second-order valence-electron chi connectivity index (χ2n) is 6.37. The lowest BCUT2D eigenvalue weighted by Gasteiger charge is -2.29. The van der Waals surface area contributed by atoms with Crippen LogP contribution in [0.3, 0.4) is 0 Å². The van der Waals surface area contributed by atoms with E-state index in [4.69, 9.17) is 15.6 Å². The van der Waals surface area contributed by atoms with Crippen LogP contribution in [0.15, 0.2) is 17.1 Å². The summed E-state index contributed by atoms with van der Waals surface area (Å²) in [5, 5.41) is 8.80. The number of pyridine rings is 1. The normalized spacial score (nSPS) is 20.5. The Labute approximate surface area is 135 Å². The maximum absolute atomic E-state index is 14.7. The molecule has 1 aliphatic heterocycles. The molecule has 0 saturated heterocycles. The predicted octanol–water partition coefficient (Wildman–Crippen LogP) is 2.10. The van der Waals surface area contributed by atoms with E-state index in [0.717, 1.165) is 6.07 Å². The molecule has 0 unspecified atom stereocenters. The number of hydrogen-bond acceptors (Lipinski definition) is 5. The van der Waals surface area contributed by atoms with Gasteiger partial charge in [-0.05, 0) is 25.8 Å². The zero-order chi connectivity index (χ0) is 17.2. The van der Waals surface area contributed by atoms with Crippen molar-refractivity contribution in [2.75, 3.05) is 6.61 Å². The average Bonchev–Trinajstić information content (AvgIpc) is 3.24. The van der Waals surface area contributed by atoms with Gasteiger partial charge in [-0.25, -0.2) is 9.18 Å². The summed E-state index contributed by atoms with van der Waals surface area (Å²) in [7, 11) is 0. The van der Waals surface area contributed by atoms with E-state index in [1.165, 1.54) is 6.20 Å². The molecule has 7 nitrogen and oxygen atoms in total. The summed E-state index contributed by atoms with van der Waals surface area (Å²) in [6.07, 6.45) is 1.01. The highest BCUT2D eigenvalue weighted by Crippen LogP contribution is 2.50. The SMILES string of the molecule is C[C@H]1COc2c(C3(N)CC3)c(F)cc3c(=O)c(OC(=O)O)cn1c23. The zero-order valence-electron chi connectivity index (χ0n) is 12.8. The van der Waals surface area contributed by atoms with Crippen LogP contribution in [0.25, 0.3) is 10.9 Å². The van der Waals surface area contributed by atoms with Crippen molar-refractivity contribution in [3.63, 3.8) is 0 Å². The van der Waals surface area contributed by atoms with Gasteiger partial charge in [0.15, 0.2) is 11.5 Å². The summed E-state index contributed by atoms with van der Waals surface area (Å²) < 4.78 is 26.6. The number of benzene rings is 1. The predicted molar refractivity (Wildman–Crippen MR) is 82.1 cm³/mol. The monoisotopic (exact) mass is 334 g/mol. The third-order valence-electron chi connectivity index (χ3n) is 4.62. The van der Waals surface area contributed by atoms with Gasteiger partial charge in [-0.3, -0.25) is 4.79 Å². The Hall–Kier alpha value is -2.61. The van der Waals surface area contributed by atoms with Crippen molar-refractivity contribution in [1.29, 1.82) is 0 Å². The van der Waals surface area contributed by atoms with E-state index in [1.807, 2.05) is 6.92 Å². The molecule has 24 heavy (non-hydrogen) atoms. The molecule has 1 aromatic carbocycles. The van der Waals surface area contributed by atoms with Crippen molar-refractivity contribution in [2.45, 2.75) is 31.3 Å².